The molecule has 0 bridgehead atoms. The topological polar surface area (TPSA) is 86.6 Å². The van der Waals surface area contributed by atoms with Crippen LogP contribution in [0.4, 0.5) is 4.39 Å². The van der Waals surface area contributed by atoms with E-state index >= 15 is 0 Å². The van der Waals surface area contributed by atoms with Crippen LogP contribution >= 0.6 is 11.6 Å². The summed E-state index contributed by atoms with van der Waals surface area (Å²) in [6.07, 6.45) is 8.96. The quantitative estimate of drug-likeness (QED) is 0.405. The Morgan fingerprint density at radius 2 is 1.91 bits per heavy atom. The van der Waals surface area contributed by atoms with Gasteiger partial charge in [0.2, 0.25) is 0 Å². The summed E-state index contributed by atoms with van der Waals surface area (Å²) in [6.45, 7) is 0.779. The van der Waals surface area contributed by atoms with E-state index in [0.717, 1.165) is 22.3 Å². The van der Waals surface area contributed by atoms with E-state index in [2.05, 4.69) is 20.4 Å². The van der Waals surface area contributed by atoms with Crippen molar-refractivity contribution in [2.45, 2.75) is 13.1 Å². The number of nitrogens with one attached hydrogen (secondary N) is 1. The molecule has 0 radical (unpaired) electrons. The zero-order chi connectivity index (χ0) is 22.1. The van der Waals surface area contributed by atoms with Gasteiger partial charge < -0.3 is 15.7 Å². The van der Waals surface area contributed by atoms with Crippen molar-refractivity contribution in [1.82, 2.24) is 24.2 Å². The highest BCUT2D eigenvalue weighted by atomic mass is 35.5. The third-order valence-corrected chi connectivity index (χ3v) is 5.58. The van der Waals surface area contributed by atoms with Crippen LogP contribution in [0.15, 0.2) is 73.4 Å². The number of halogens is 2. The molecule has 7 nitrogen and oxygen atoms in total. The molecular formula is C23H19ClFN7. The van der Waals surface area contributed by atoms with E-state index in [0.29, 0.717) is 35.2 Å². The Hall–Kier alpha value is -3.75. The van der Waals surface area contributed by atoms with E-state index in [4.69, 9.17) is 17.3 Å². The fourth-order valence-electron chi connectivity index (χ4n) is 3.54. The molecule has 3 N–H and O–H groups in total. The summed E-state index contributed by atoms with van der Waals surface area (Å²) in [5.41, 5.74) is 13.8. The van der Waals surface area contributed by atoms with Gasteiger partial charge in [0.05, 0.1) is 35.7 Å². The smallest absolute Gasteiger partial charge is 0.155 e. The van der Waals surface area contributed by atoms with Crippen LogP contribution in [-0.2, 0) is 13.1 Å². The van der Waals surface area contributed by atoms with Gasteiger partial charge in [-0.05, 0) is 48.0 Å². The molecule has 0 fully saturated rings. The predicted octanol–water partition coefficient (Wildman–Crippen LogP) is 4.28. The lowest BCUT2D eigenvalue weighted by atomic mass is 10.2. The van der Waals surface area contributed by atoms with Gasteiger partial charge in [0, 0.05) is 41.4 Å². The summed E-state index contributed by atoms with van der Waals surface area (Å²) in [5.74, 6) is 0.373. The molecule has 1 aromatic carbocycles. The van der Waals surface area contributed by atoms with Crippen molar-refractivity contribution < 1.29 is 4.39 Å². The minimum absolute atomic E-state index is 0.326. The lowest BCUT2D eigenvalue weighted by molar-refractivity contribution is 0.625. The zero-order valence-corrected chi connectivity index (χ0v) is 17.7. The van der Waals surface area contributed by atoms with E-state index in [1.54, 1.807) is 24.7 Å². The van der Waals surface area contributed by atoms with Crippen molar-refractivity contribution in [2.75, 3.05) is 5.43 Å². The fourth-order valence-corrected chi connectivity index (χ4v) is 3.72. The van der Waals surface area contributed by atoms with Crippen molar-refractivity contribution in [3.63, 3.8) is 0 Å². The Kier molecular flexibility index (Phi) is 5.30. The molecule has 4 heterocycles. The largest absolute Gasteiger partial charge is 0.325 e. The minimum atomic E-state index is -0.326. The molecule has 0 spiro atoms. The Morgan fingerprint density at radius 1 is 1.00 bits per heavy atom. The van der Waals surface area contributed by atoms with Gasteiger partial charge in [-0.2, -0.15) is 0 Å². The van der Waals surface area contributed by atoms with Gasteiger partial charge in [-0.1, -0.05) is 11.6 Å². The summed E-state index contributed by atoms with van der Waals surface area (Å²) < 4.78 is 17.3. The second-order valence-electron chi connectivity index (χ2n) is 7.22. The maximum absolute atomic E-state index is 13.5. The summed E-state index contributed by atoms with van der Waals surface area (Å²) in [6, 6.07) is 12.1. The molecule has 5 rings (SSSR count). The molecule has 5 aromatic rings. The van der Waals surface area contributed by atoms with Gasteiger partial charge >= 0.3 is 0 Å². The first-order valence-corrected chi connectivity index (χ1v) is 10.3. The van der Waals surface area contributed by atoms with Gasteiger partial charge in [0.25, 0.3) is 0 Å². The number of nitrogens with two attached hydrogens (primary N) is 1. The lowest BCUT2D eigenvalue weighted by Crippen LogP contribution is -2.13. The first-order valence-electron chi connectivity index (χ1n) is 9.96. The molecule has 0 unspecified atom stereocenters. The van der Waals surface area contributed by atoms with E-state index in [9.17, 15) is 4.39 Å². The SMILES string of the molecule is NCc1cccn1-c1cnc(-c2cnc3ccn(NCc4cc(F)ccc4Cl)c3c2)cn1. The molecule has 9 heteroatoms. The van der Waals surface area contributed by atoms with Crippen LogP contribution in [0.2, 0.25) is 5.02 Å². The summed E-state index contributed by atoms with van der Waals surface area (Å²) >= 11 is 6.18. The second kappa shape index (κ2) is 8.41. The van der Waals surface area contributed by atoms with Crippen LogP contribution in [0.1, 0.15) is 11.3 Å². The highest BCUT2D eigenvalue weighted by molar-refractivity contribution is 6.31. The molecule has 0 saturated carbocycles. The molecule has 0 saturated heterocycles. The van der Waals surface area contributed by atoms with Crippen LogP contribution in [0.3, 0.4) is 0 Å². The van der Waals surface area contributed by atoms with E-state index in [1.807, 2.05) is 45.9 Å². The molecule has 0 aliphatic carbocycles. The number of hydrogen-bond donors (Lipinski definition) is 2. The summed E-state index contributed by atoms with van der Waals surface area (Å²) in [5, 5.41) is 0.505. The van der Waals surface area contributed by atoms with Gasteiger partial charge in [-0.15, -0.1) is 0 Å². The molecule has 160 valence electrons. The molecule has 0 atom stereocenters. The van der Waals surface area contributed by atoms with E-state index in [1.165, 1.54) is 12.1 Å². The maximum atomic E-state index is 13.5. The van der Waals surface area contributed by atoms with E-state index < -0.39 is 0 Å². The summed E-state index contributed by atoms with van der Waals surface area (Å²) in [4.78, 5) is 13.6. The maximum Gasteiger partial charge on any atom is 0.155 e. The predicted molar refractivity (Wildman–Crippen MR) is 122 cm³/mol. The van der Waals surface area contributed by atoms with Gasteiger partial charge in [-0.25, -0.2) is 9.37 Å². The zero-order valence-electron chi connectivity index (χ0n) is 16.9. The van der Waals surface area contributed by atoms with E-state index in [-0.39, 0.29) is 5.82 Å². The Bertz CT molecular complexity index is 1390. The average molecular weight is 448 g/mol. The molecule has 0 aliphatic rings. The second-order valence-corrected chi connectivity index (χ2v) is 7.63. The molecule has 0 aliphatic heterocycles. The number of hydrogen-bond acceptors (Lipinski definition) is 5. The highest BCUT2D eigenvalue weighted by Gasteiger charge is 2.09. The van der Waals surface area contributed by atoms with Crippen molar-refractivity contribution >= 4 is 22.6 Å². The Labute approximate surface area is 188 Å². The number of fused-ring (bicyclic) bond motifs is 1. The van der Waals surface area contributed by atoms with Gasteiger partial charge in [0.1, 0.15) is 5.82 Å². The number of rotatable bonds is 6. The van der Waals surface area contributed by atoms with Crippen LogP contribution < -0.4 is 11.2 Å². The van der Waals surface area contributed by atoms with Crippen molar-refractivity contribution in [1.29, 1.82) is 0 Å². The first-order chi connectivity index (χ1) is 15.6. The fraction of sp³-hybridized carbons (Fsp3) is 0.0870. The third-order valence-electron chi connectivity index (χ3n) is 5.21. The highest BCUT2D eigenvalue weighted by Crippen LogP contribution is 2.23. The average Bonchev–Trinajstić information content (AvgIpc) is 3.46. The normalized spacial score (nSPS) is 11.2. The lowest BCUT2D eigenvalue weighted by Gasteiger charge is -2.11. The Morgan fingerprint density at radius 3 is 2.72 bits per heavy atom. The molecule has 0 amide bonds. The van der Waals surface area contributed by atoms with Crippen molar-refractivity contribution in [3.8, 4) is 17.1 Å². The monoisotopic (exact) mass is 447 g/mol. The first kappa shape index (κ1) is 20.2. The van der Waals surface area contributed by atoms with Crippen LogP contribution in [0.5, 0.6) is 0 Å². The van der Waals surface area contributed by atoms with Crippen molar-refractivity contribution in [2.24, 2.45) is 5.73 Å². The number of nitrogens with zero attached hydrogens (tertiary/aromatic N) is 5. The number of pyridine rings is 1. The number of benzene rings is 1. The van der Waals surface area contributed by atoms with Crippen LogP contribution in [-0.4, -0.2) is 24.2 Å². The van der Waals surface area contributed by atoms with Gasteiger partial charge in [0.15, 0.2) is 5.82 Å². The minimum Gasteiger partial charge on any atom is -0.325 e. The number of aromatic nitrogens is 5. The van der Waals surface area contributed by atoms with Crippen LogP contribution in [0.25, 0.3) is 28.1 Å². The van der Waals surface area contributed by atoms with Crippen LogP contribution in [0, 0.1) is 5.82 Å². The molecule has 32 heavy (non-hydrogen) atoms. The molecular weight excluding hydrogens is 429 g/mol. The Balaban J connectivity index is 1.41. The van der Waals surface area contributed by atoms with Gasteiger partial charge in [-0.3, -0.25) is 14.6 Å². The third kappa shape index (κ3) is 3.81. The standard InChI is InChI=1S/C23H19ClFN7/c24-19-4-3-17(25)8-15(19)12-30-32-7-5-20-22(32)9-16(11-27-20)21-13-29-23(14-28-21)31-6-1-2-18(31)10-26/h1-9,11,13-14,30H,10,12,26H2. The summed E-state index contributed by atoms with van der Waals surface area (Å²) in [7, 11) is 0. The molecule has 4 aromatic heterocycles. The van der Waals surface area contributed by atoms with Crippen molar-refractivity contribution in [3.05, 3.63) is 95.5 Å².